The van der Waals surface area contributed by atoms with Gasteiger partial charge in [0.1, 0.15) is 6.04 Å². The number of hydrogen-bond acceptors (Lipinski definition) is 3. The third kappa shape index (κ3) is 4.61. The van der Waals surface area contributed by atoms with E-state index in [0.29, 0.717) is 35.8 Å². The number of carbonyl (C=O) groups excluding carboxylic acids is 3. The first-order chi connectivity index (χ1) is 17.4. The maximum Gasteiger partial charge on any atom is 0.256 e. The third-order valence-electron chi connectivity index (χ3n) is 7.23. The quantitative estimate of drug-likeness (QED) is 0.561. The number of hydrogen-bond donors (Lipinski definition) is 1. The van der Waals surface area contributed by atoms with Gasteiger partial charge in [-0.25, -0.2) is 0 Å². The maximum atomic E-state index is 13.6. The fourth-order valence-corrected chi connectivity index (χ4v) is 5.09. The molecule has 2 aromatic rings. The molecular weight excluding hydrogens is 474 g/mol. The Morgan fingerprint density at radius 3 is 2.53 bits per heavy atom. The number of anilines is 1. The van der Waals surface area contributed by atoms with Crippen LogP contribution < -0.4 is 5.32 Å². The number of benzene rings is 2. The summed E-state index contributed by atoms with van der Waals surface area (Å²) in [4.78, 5) is 43.5. The summed E-state index contributed by atoms with van der Waals surface area (Å²) in [6, 6.07) is 12.1. The second kappa shape index (κ2) is 9.78. The number of amides is 3. The Hall–Kier alpha value is -3.64. The van der Waals surface area contributed by atoms with E-state index in [1.807, 2.05) is 48.6 Å². The number of halogens is 1. The van der Waals surface area contributed by atoms with Crippen LogP contribution >= 0.6 is 11.6 Å². The average Bonchev–Trinajstić information content (AvgIpc) is 3.69. The van der Waals surface area contributed by atoms with Gasteiger partial charge in [0.2, 0.25) is 11.8 Å². The van der Waals surface area contributed by atoms with Crippen LogP contribution in [-0.2, 0) is 9.59 Å². The molecule has 2 heterocycles. The van der Waals surface area contributed by atoms with Crippen molar-refractivity contribution in [3.8, 4) is 11.1 Å². The summed E-state index contributed by atoms with van der Waals surface area (Å²) in [5.74, 6) is -0.390. The van der Waals surface area contributed by atoms with E-state index in [-0.39, 0.29) is 29.7 Å². The summed E-state index contributed by atoms with van der Waals surface area (Å²) >= 11 is 6.02. The second-order valence-corrected chi connectivity index (χ2v) is 9.99. The minimum absolute atomic E-state index is 0.0755. The molecule has 0 spiro atoms. The fourth-order valence-electron chi connectivity index (χ4n) is 4.96. The van der Waals surface area contributed by atoms with E-state index in [0.717, 1.165) is 24.0 Å². The molecule has 7 heteroatoms. The standard InChI is InChI=1S/C29H28ClN3O3/c1-2-3-4-5-6-13-29(14-15-29)28(36)32-16-17-33-25(19-32)26(34)31-24-12-9-21(18-23(24)27(33)35)20-7-10-22(30)11-8-20/h2-12,18,25H,1,13-17,19H2,(H,31,34). The zero-order valence-corrected chi connectivity index (χ0v) is 20.7. The smallest absolute Gasteiger partial charge is 0.256 e. The van der Waals surface area contributed by atoms with Crippen molar-refractivity contribution in [2.75, 3.05) is 25.0 Å². The van der Waals surface area contributed by atoms with Gasteiger partial charge in [0.25, 0.3) is 5.91 Å². The highest BCUT2D eigenvalue weighted by molar-refractivity contribution is 6.30. The van der Waals surface area contributed by atoms with E-state index in [9.17, 15) is 14.4 Å². The van der Waals surface area contributed by atoms with E-state index in [2.05, 4.69) is 11.9 Å². The first kappa shape index (κ1) is 24.1. The molecule has 1 N–H and O–H groups in total. The Morgan fingerprint density at radius 1 is 1.06 bits per heavy atom. The molecule has 36 heavy (non-hydrogen) atoms. The summed E-state index contributed by atoms with van der Waals surface area (Å²) in [6.07, 6.45) is 11.7. The lowest BCUT2D eigenvalue weighted by Gasteiger charge is -2.40. The molecule has 2 aromatic carbocycles. The van der Waals surface area contributed by atoms with Gasteiger partial charge in [-0.15, -0.1) is 0 Å². The van der Waals surface area contributed by atoms with Gasteiger partial charge in [0.15, 0.2) is 0 Å². The molecule has 184 valence electrons. The van der Waals surface area contributed by atoms with Crippen LogP contribution in [0.3, 0.4) is 0 Å². The normalized spacial score (nSPS) is 20.6. The Balaban J connectivity index is 1.33. The van der Waals surface area contributed by atoms with Crippen LogP contribution in [-0.4, -0.2) is 53.2 Å². The van der Waals surface area contributed by atoms with Gasteiger partial charge in [-0.05, 0) is 54.7 Å². The molecule has 0 radical (unpaired) electrons. The summed E-state index contributed by atoms with van der Waals surface area (Å²) in [5.41, 5.74) is 2.36. The van der Waals surface area contributed by atoms with E-state index in [1.54, 1.807) is 34.1 Å². The van der Waals surface area contributed by atoms with Crippen molar-refractivity contribution < 1.29 is 14.4 Å². The predicted molar refractivity (Wildman–Crippen MR) is 142 cm³/mol. The summed E-state index contributed by atoms with van der Waals surface area (Å²) in [6.45, 7) is 4.59. The third-order valence-corrected chi connectivity index (χ3v) is 7.48. The number of carbonyl (C=O) groups is 3. The lowest BCUT2D eigenvalue weighted by atomic mass is 9.98. The molecule has 3 aliphatic rings. The summed E-state index contributed by atoms with van der Waals surface area (Å²) < 4.78 is 0. The Bertz CT molecular complexity index is 1280. The van der Waals surface area contributed by atoms with Crippen molar-refractivity contribution in [2.24, 2.45) is 5.41 Å². The van der Waals surface area contributed by atoms with Gasteiger partial charge in [0.05, 0.1) is 23.2 Å². The molecule has 0 bridgehead atoms. The van der Waals surface area contributed by atoms with Crippen molar-refractivity contribution in [3.05, 3.63) is 90.0 Å². The molecule has 3 amide bonds. The SMILES string of the molecule is C=CC=CC=CCC1(C(=O)N2CCN3C(=O)c4cc(-c5ccc(Cl)cc5)ccc4NC(=O)C3C2)CC1. The highest BCUT2D eigenvalue weighted by Crippen LogP contribution is 2.51. The summed E-state index contributed by atoms with van der Waals surface area (Å²) in [5, 5.41) is 3.56. The highest BCUT2D eigenvalue weighted by atomic mass is 35.5. The van der Waals surface area contributed by atoms with E-state index in [1.165, 1.54) is 0 Å². The number of fused-ring (bicyclic) bond motifs is 2. The van der Waals surface area contributed by atoms with Gasteiger partial charge in [-0.1, -0.05) is 66.8 Å². The van der Waals surface area contributed by atoms with E-state index >= 15 is 0 Å². The number of piperazine rings is 1. The first-order valence-corrected chi connectivity index (χ1v) is 12.6. The number of nitrogens with one attached hydrogen (secondary N) is 1. The fraction of sp³-hybridized carbons (Fsp3) is 0.276. The molecule has 2 aliphatic heterocycles. The first-order valence-electron chi connectivity index (χ1n) is 12.2. The van der Waals surface area contributed by atoms with Crippen molar-refractivity contribution in [3.63, 3.8) is 0 Å². The largest absolute Gasteiger partial charge is 0.338 e. The molecule has 1 unspecified atom stereocenters. The lowest BCUT2D eigenvalue weighted by molar-refractivity contribution is -0.140. The molecule has 1 saturated heterocycles. The number of allylic oxidation sites excluding steroid dienone is 5. The molecule has 1 saturated carbocycles. The Labute approximate surface area is 215 Å². The van der Waals surface area contributed by atoms with Crippen LogP contribution in [0.5, 0.6) is 0 Å². The van der Waals surface area contributed by atoms with E-state index in [4.69, 9.17) is 11.6 Å². The minimum Gasteiger partial charge on any atom is -0.338 e. The second-order valence-electron chi connectivity index (χ2n) is 9.56. The molecule has 2 fully saturated rings. The van der Waals surface area contributed by atoms with Gasteiger partial charge in [-0.2, -0.15) is 0 Å². The van der Waals surface area contributed by atoms with Crippen molar-refractivity contribution in [1.82, 2.24) is 9.80 Å². The molecule has 1 atom stereocenters. The zero-order chi connectivity index (χ0) is 25.3. The predicted octanol–water partition coefficient (Wildman–Crippen LogP) is 5.08. The Kier molecular flexibility index (Phi) is 6.54. The van der Waals surface area contributed by atoms with Crippen LogP contribution in [0.15, 0.2) is 79.4 Å². The van der Waals surface area contributed by atoms with Gasteiger partial charge < -0.3 is 15.1 Å². The Morgan fingerprint density at radius 2 is 1.81 bits per heavy atom. The van der Waals surface area contributed by atoms with E-state index < -0.39 is 6.04 Å². The molecule has 1 aliphatic carbocycles. The van der Waals surface area contributed by atoms with Crippen LogP contribution in [0.1, 0.15) is 29.6 Å². The van der Waals surface area contributed by atoms with Gasteiger partial charge in [0, 0.05) is 18.1 Å². The van der Waals surface area contributed by atoms with Gasteiger partial charge >= 0.3 is 0 Å². The van der Waals surface area contributed by atoms with Crippen molar-refractivity contribution in [1.29, 1.82) is 0 Å². The average molecular weight is 502 g/mol. The van der Waals surface area contributed by atoms with Gasteiger partial charge in [-0.3, -0.25) is 14.4 Å². The topological polar surface area (TPSA) is 69.7 Å². The summed E-state index contributed by atoms with van der Waals surface area (Å²) in [7, 11) is 0. The number of rotatable bonds is 6. The maximum absolute atomic E-state index is 13.6. The van der Waals surface area contributed by atoms with Crippen molar-refractivity contribution >= 4 is 35.0 Å². The molecule has 5 rings (SSSR count). The van der Waals surface area contributed by atoms with Crippen LogP contribution in [0, 0.1) is 5.41 Å². The lowest BCUT2D eigenvalue weighted by Crippen LogP contribution is -2.60. The monoisotopic (exact) mass is 501 g/mol. The minimum atomic E-state index is -0.719. The molecule has 0 aromatic heterocycles. The molecule has 6 nitrogen and oxygen atoms in total. The highest BCUT2D eigenvalue weighted by Gasteiger charge is 2.52. The van der Waals surface area contributed by atoms with Crippen LogP contribution in [0.2, 0.25) is 5.02 Å². The van der Waals surface area contributed by atoms with Crippen LogP contribution in [0.4, 0.5) is 5.69 Å². The van der Waals surface area contributed by atoms with Crippen molar-refractivity contribution in [2.45, 2.75) is 25.3 Å². The van der Waals surface area contributed by atoms with Crippen LogP contribution in [0.25, 0.3) is 11.1 Å². The zero-order valence-electron chi connectivity index (χ0n) is 20.0. The number of nitrogens with zero attached hydrogens (tertiary/aromatic N) is 2. The molecular formula is C29H28ClN3O3.